The number of imidazole rings is 1. The van der Waals surface area contributed by atoms with E-state index in [-0.39, 0.29) is 17.0 Å². The smallest absolute Gasteiger partial charge is 0.371 e. The van der Waals surface area contributed by atoms with Crippen molar-refractivity contribution in [1.82, 2.24) is 19.5 Å². The molecule has 138 valence electrons. The Labute approximate surface area is 148 Å². The van der Waals surface area contributed by atoms with Gasteiger partial charge in [-0.2, -0.15) is 13.2 Å². The highest BCUT2D eigenvalue weighted by Crippen LogP contribution is 2.32. The van der Waals surface area contributed by atoms with Crippen LogP contribution in [0.3, 0.4) is 0 Å². The number of para-hydroxylation sites is 2. The zero-order valence-corrected chi connectivity index (χ0v) is 14.3. The van der Waals surface area contributed by atoms with Crippen LogP contribution in [0, 0.1) is 0 Å². The van der Waals surface area contributed by atoms with Crippen molar-refractivity contribution in [2.45, 2.75) is 6.18 Å². The molecule has 1 unspecified atom stereocenters. The summed E-state index contributed by atoms with van der Waals surface area (Å²) in [7, 11) is 2.81. The van der Waals surface area contributed by atoms with Gasteiger partial charge in [0.25, 0.3) is 11.3 Å². The van der Waals surface area contributed by atoms with E-state index in [1.807, 2.05) is 0 Å². The highest BCUT2D eigenvalue weighted by Gasteiger charge is 2.36. The summed E-state index contributed by atoms with van der Waals surface area (Å²) in [6.45, 7) is 0. The lowest BCUT2D eigenvalue weighted by Gasteiger charge is -2.18. The number of nitrogens with zero attached hydrogens (tertiary/aromatic N) is 5. The van der Waals surface area contributed by atoms with E-state index in [0.29, 0.717) is 11.4 Å². The first-order valence-electron chi connectivity index (χ1n) is 7.18. The van der Waals surface area contributed by atoms with E-state index in [1.54, 1.807) is 24.3 Å². The lowest BCUT2D eigenvalue weighted by atomic mass is 10.2. The van der Waals surface area contributed by atoms with Gasteiger partial charge in [-0.1, -0.05) is 12.1 Å². The van der Waals surface area contributed by atoms with Crippen molar-refractivity contribution in [3.63, 3.8) is 0 Å². The van der Waals surface area contributed by atoms with Crippen molar-refractivity contribution >= 4 is 33.9 Å². The number of halogens is 3. The predicted molar refractivity (Wildman–Crippen MR) is 90.4 cm³/mol. The molecule has 0 aliphatic heterocycles. The van der Waals surface area contributed by atoms with Crippen LogP contribution in [-0.4, -0.2) is 42.4 Å². The number of rotatable bonds is 4. The van der Waals surface area contributed by atoms with Gasteiger partial charge >= 0.3 is 6.18 Å². The maximum Gasteiger partial charge on any atom is 0.451 e. The first-order chi connectivity index (χ1) is 12.2. The van der Waals surface area contributed by atoms with Crippen molar-refractivity contribution in [1.29, 1.82) is 0 Å². The second kappa shape index (κ2) is 6.53. The zero-order valence-electron chi connectivity index (χ0n) is 13.5. The molecule has 26 heavy (non-hydrogen) atoms. The molecule has 2 N–H and O–H groups in total. The van der Waals surface area contributed by atoms with Gasteiger partial charge in [0, 0.05) is 14.1 Å². The monoisotopic (exact) mass is 386 g/mol. The number of benzene rings is 1. The van der Waals surface area contributed by atoms with Gasteiger partial charge in [-0.05, 0) is 12.1 Å². The van der Waals surface area contributed by atoms with Gasteiger partial charge in [0.1, 0.15) is 6.33 Å². The Balaban J connectivity index is 2.30. The molecule has 2 aromatic heterocycles. The number of aromatic nitrogens is 4. The average molecular weight is 386 g/mol. The third-order valence-electron chi connectivity index (χ3n) is 3.60. The van der Waals surface area contributed by atoms with Crippen LogP contribution >= 0.6 is 0 Å². The van der Waals surface area contributed by atoms with Gasteiger partial charge in [-0.25, -0.2) is 19.2 Å². The number of anilines is 2. The van der Waals surface area contributed by atoms with Gasteiger partial charge in [0.2, 0.25) is 5.82 Å². The summed E-state index contributed by atoms with van der Waals surface area (Å²) >= 11 is -2.32. The number of hydrogen-bond donors (Lipinski definition) is 2. The Hall–Kier alpha value is -2.73. The quantitative estimate of drug-likeness (QED) is 0.669. The predicted octanol–water partition coefficient (Wildman–Crippen LogP) is 2.45. The lowest BCUT2D eigenvalue weighted by molar-refractivity contribution is -0.144. The van der Waals surface area contributed by atoms with Crippen molar-refractivity contribution < 1.29 is 21.9 Å². The van der Waals surface area contributed by atoms with Crippen LogP contribution in [0.2, 0.25) is 0 Å². The maximum absolute atomic E-state index is 13.1. The van der Waals surface area contributed by atoms with Crippen LogP contribution in [0.25, 0.3) is 16.9 Å². The number of alkyl halides is 3. The molecule has 12 heteroatoms. The first-order valence-corrected chi connectivity index (χ1v) is 8.24. The van der Waals surface area contributed by atoms with Crippen LogP contribution in [0.1, 0.15) is 5.82 Å². The first kappa shape index (κ1) is 18.1. The van der Waals surface area contributed by atoms with Crippen molar-refractivity contribution in [2.75, 3.05) is 23.7 Å². The minimum Gasteiger partial charge on any atom is -0.371 e. The van der Waals surface area contributed by atoms with E-state index in [1.165, 1.54) is 25.0 Å². The molecule has 0 saturated heterocycles. The molecule has 1 atom stereocenters. The second-order valence-electron chi connectivity index (χ2n) is 5.15. The molecule has 3 aromatic rings. The largest absolute Gasteiger partial charge is 0.451 e. The van der Waals surface area contributed by atoms with Crippen molar-refractivity contribution in [2.24, 2.45) is 0 Å². The van der Waals surface area contributed by atoms with E-state index >= 15 is 0 Å². The summed E-state index contributed by atoms with van der Waals surface area (Å²) in [5.41, 5.74) is 0.712. The summed E-state index contributed by atoms with van der Waals surface area (Å²) in [5, 5.41) is 2.58. The summed E-state index contributed by atoms with van der Waals surface area (Å²) < 4.78 is 62.5. The molecule has 0 fully saturated rings. The Kier molecular flexibility index (Phi) is 4.54. The van der Waals surface area contributed by atoms with Gasteiger partial charge in [-0.15, -0.1) is 0 Å². The molecule has 0 amide bonds. The van der Waals surface area contributed by atoms with Crippen LogP contribution in [0.4, 0.5) is 24.7 Å². The summed E-state index contributed by atoms with van der Waals surface area (Å²) in [6.07, 6.45) is -3.45. The van der Waals surface area contributed by atoms with Crippen molar-refractivity contribution in [3.8, 4) is 5.69 Å². The van der Waals surface area contributed by atoms with E-state index in [4.69, 9.17) is 0 Å². The molecular weight excluding hydrogens is 373 g/mol. The van der Waals surface area contributed by atoms with Crippen LogP contribution in [-0.2, 0) is 17.4 Å². The second-order valence-corrected chi connectivity index (χ2v) is 6.16. The van der Waals surface area contributed by atoms with Crippen molar-refractivity contribution in [3.05, 3.63) is 36.4 Å². The number of nitrogens with one attached hydrogen (secondary N) is 1. The fourth-order valence-electron chi connectivity index (χ4n) is 2.40. The fraction of sp³-hybridized carbons (Fsp3) is 0.214. The lowest BCUT2D eigenvalue weighted by Crippen LogP contribution is -2.21. The molecule has 0 aliphatic rings. The van der Waals surface area contributed by atoms with Gasteiger partial charge in [-0.3, -0.25) is 13.4 Å². The van der Waals surface area contributed by atoms with E-state index in [2.05, 4.69) is 20.3 Å². The third-order valence-corrected chi connectivity index (χ3v) is 4.27. The minimum atomic E-state index is -4.74. The molecular formula is C14H13F3N6O2S. The summed E-state index contributed by atoms with van der Waals surface area (Å²) in [5.74, 6) is -1.38. The average Bonchev–Trinajstić information content (AvgIpc) is 3.03. The van der Waals surface area contributed by atoms with Gasteiger partial charge in [0.05, 0.1) is 11.4 Å². The Morgan fingerprint density at radius 1 is 1.27 bits per heavy atom. The Morgan fingerprint density at radius 2 is 1.96 bits per heavy atom. The molecule has 0 radical (unpaired) electrons. The van der Waals surface area contributed by atoms with E-state index in [0.717, 1.165) is 4.31 Å². The van der Waals surface area contributed by atoms with Crippen LogP contribution < -0.4 is 9.62 Å². The molecule has 0 bridgehead atoms. The topological polar surface area (TPSA) is 96.2 Å². The van der Waals surface area contributed by atoms with Crippen LogP contribution in [0.5, 0.6) is 0 Å². The Bertz CT molecular complexity index is 990. The molecule has 0 saturated carbocycles. The fourth-order valence-corrected chi connectivity index (χ4v) is 2.72. The number of fused-ring (bicyclic) bond motifs is 1. The molecule has 0 spiro atoms. The Morgan fingerprint density at radius 3 is 2.58 bits per heavy atom. The molecule has 8 nitrogen and oxygen atoms in total. The summed E-state index contributed by atoms with van der Waals surface area (Å²) in [6, 6.07) is 6.41. The van der Waals surface area contributed by atoms with E-state index < -0.39 is 23.3 Å². The highest BCUT2D eigenvalue weighted by molar-refractivity contribution is 7.80. The minimum absolute atomic E-state index is 0.0716. The normalized spacial score (nSPS) is 13.0. The SMILES string of the molecule is CNc1nc(C(F)(F)F)nc2c1ncn2-c1ccccc1N(C)S(=O)O. The standard InChI is InChI=1S/C14H13F3N6O2S/c1-18-11-10-12(21-13(20-11)14(15,16)17)23(7-19-10)9-6-4-3-5-8(9)22(2)26(24)25/h3-7H,1-2H3,(H,24,25)(H,18,20,21). The highest BCUT2D eigenvalue weighted by atomic mass is 32.2. The molecule has 1 aromatic carbocycles. The molecule has 2 heterocycles. The number of hydrogen-bond acceptors (Lipinski definition) is 5. The maximum atomic E-state index is 13.1. The van der Waals surface area contributed by atoms with Crippen LogP contribution in [0.15, 0.2) is 30.6 Å². The molecule has 3 rings (SSSR count). The molecule has 0 aliphatic carbocycles. The zero-order chi connectivity index (χ0) is 19.1. The third kappa shape index (κ3) is 3.08. The summed E-state index contributed by atoms with van der Waals surface area (Å²) in [4.78, 5) is 11.2. The van der Waals surface area contributed by atoms with Gasteiger partial charge < -0.3 is 5.32 Å². The van der Waals surface area contributed by atoms with E-state index in [9.17, 15) is 21.9 Å². The van der Waals surface area contributed by atoms with Gasteiger partial charge in [0.15, 0.2) is 17.0 Å².